The smallest absolute Gasteiger partial charge is 0.0736 e. The molecule has 92 valence electrons. The highest BCUT2D eigenvalue weighted by Gasteiger charge is 2.19. The lowest BCUT2D eigenvalue weighted by Crippen LogP contribution is -2.17. The molecule has 3 N–H and O–H groups in total. The minimum absolute atomic E-state index is 0.361. The highest BCUT2D eigenvalue weighted by Crippen LogP contribution is 2.33. The molecule has 0 bridgehead atoms. The van der Waals surface area contributed by atoms with Gasteiger partial charge in [0, 0.05) is 6.20 Å². The van der Waals surface area contributed by atoms with Gasteiger partial charge in [0.25, 0.3) is 0 Å². The first kappa shape index (κ1) is 11.1. The molecule has 0 aliphatic heterocycles. The number of nitrogens with one attached hydrogen (secondary N) is 1. The van der Waals surface area contributed by atoms with Gasteiger partial charge in [0.1, 0.15) is 0 Å². The van der Waals surface area contributed by atoms with E-state index in [0.29, 0.717) is 11.7 Å². The Morgan fingerprint density at radius 1 is 1.22 bits per heavy atom. The van der Waals surface area contributed by atoms with E-state index < -0.39 is 0 Å². The van der Waals surface area contributed by atoms with Gasteiger partial charge in [-0.15, -0.1) is 0 Å². The Balaban J connectivity index is 1.89. The number of anilines is 2. The van der Waals surface area contributed by atoms with E-state index in [2.05, 4.69) is 34.6 Å². The Hall–Kier alpha value is -2.03. The zero-order chi connectivity index (χ0) is 12.4. The Labute approximate surface area is 107 Å². The van der Waals surface area contributed by atoms with Gasteiger partial charge in [-0.25, -0.2) is 0 Å². The van der Waals surface area contributed by atoms with Crippen molar-refractivity contribution in [2.75, 3.05) is 11.1 Å². The van der Waals surface area contributed by atoms with Gasteiger partial charge in [0.05, 0.1) is 23.6 Å². The Bertz CT molecular complexity index is 551. The average Bonchev–Trinajstić information content (AvgIpc) is 2.42. The molecule has 1 unspecified atom stereocenters. The SMILES string of the molecule is Nc1cnccc1NC1CCCc2ccccc21. The molecule has 0 amide bonds. The molecule has 3 heteroatoms. The molecule has 0 spiro atoms. The molecule has 2 aromatic rings. The van der Waals surface area contributed by atoms with E-state index in [0.717, 1.165) is 12.1 Å². The van der Waals surface area contributed by atoms with Crippen molar-refractivity contribution in [1.29, 1.82) is 0 Å². The maximum absolute atomic E-state index is 5.93. The molecule has 1 aromatic carbocycles. The fourth-order valence-corrected chi connectivity index (χ4v) is 2.63. The van der Waals surface area contributed by atoms with Gasteiger partial charge >= 0.3 is 0 Å². The van der Waals surface area contributed by atoms with Crippen molar-refractivity contribution in [2.45, 2.75) is 25.3 Å². The lowest BCUT2D eigenvalue weighted by Gasteiger charge is -2.27. The normalized spacial score (nSPS) is 18.1. The number of hydrogen-bond acceptors (Lipinski definition) is 3. The van der Waals surface area contributed by atoms with Crippen LogP contribution in [0.2, 0.25) is 0 Å². The molecule has 1 aliphatic rings. The first-order chi connectivity index (χ1) is 8.84. The van der Waals surface area contributed by atoms with Crippen LogP contribution in [0.3, 0.4) is 0 Å². The van der Waals surface area contributed by atoms with Gasteiger partial charge in [-0.3, -0.25) is 4.98 Å². The predicted octanol–water partition coefficient (Wildman–Crippen LogP) is 3.15. The van der Waals surface area contributed by atoms with Crippen molar-refractivity contribution < 1.29 is 0 Å². The monoisotopic (exact) mass is 239 g/mol. The van der Waals surface area contributed by atoms with Gasteiger partial charge in [0.15, 0.2) is 0 Å². The third-order valence-electron chi connectivity index (χ3n) is 3.55. The molecule has 18 heavy (non-hydrogen) atoms. The number of fused-ring (bicyclic) bond motifs is 1. The molecule has 1 aliphatic carbocycles. The third-order valence-corrected chi connectivity index (χ3v) is 3.55. The standard InChI is InChI=1S/C15H17N3/c16-13-10-17-9-8-15(13)18-14-7-3-5-11-4-1-2-6-12(11)14/h1-2,4,6,8-10,14H,3,5,7,16H2,(H,17,18). The molecule has 1 aromatic heterocycles. The van der Waals surface area contributed by atoms with Crippen LogP contribution in [-0.4, -0.2) is 4.98 Å². The van der Waals surface area contributed by atoms with E-state index in [9.17, 15) is 0 Å². The number of aryl methyl sites for hydroxylation is 1. The summed E-state index contributed by atoms with van der Waals surface area (Å²) in [5, 5.41) is 3.54. The lowest BCUT2D eigenvalue weighted by atomic mass is 9.87. The minimum atomic E-state index is 0.361. The molecule has 0 saturated heterocycles. The summed E-state index contributed by atoms with van der Waals surface area (Å²) < 4.78 is 0. The van der Waals surface area contributed by atoms with Crippen LogP contribution in [0.15, 0.2) is 42.7 Å². The molecular formula is C15H17N3. The van der Waals surface area contributed by atoms with Crippen LogP contribution >= 0.6 is 0 Å². The second-order valence-corrected chi connectivity index (χ2v) is 4.75. The van der Waals surface area contributed by atoms with Gasteiger partial charge in [-0.2, -0.15) is 0 Å². The summed E-state index contributed by atoms with van der Waals surface area (Å²) in [5.74, 6) is 0. The summed E-state index contributed by atoms with van der Waals surface area (Å²) in [5.41, 5.74) is 10.5. The fraction of sp³-hybridized carbons (Fsp3) is 0.267. The van der Waals surface area contributed by atoms with Gasteiger partial charge in [0.2, 0.25) is 0 Å². The highest BCUT2D eigenvalue weighted by atomic mass is 14.9. The van der Waals surface area contributed by atoms with E-state index >= 15 is 0 Å². The molecule has 1 atom stereocenters. The topological polar surface area (TPSA) is 50.9 Å². The quantitative estimate of drug-likeness (QED) is 0.846. The molecule has 0 fully saturated rings. The molecule has 0 radical (unpaired) electrons. The number of aromatic nitrogens is 1. The maximum Gasteiger partial charge on any atom is 0.0736 e. The van der Waals surface area contributed by atoms with Gasteiger partial charge < -0.3 is 11.1 Å². The minimum Gasteiger partial charge on any atom is -0.396 e. The van der Waals surface area contributed by atoms with E-state index in [-0.39, 0.29) is 0 Å². The second-order valence-electron chi connectivity index (χ2n) is 4.75. The zero-order valence-corrected chi connectivity index (χ0v) is 10.3. The fourth-order valence-electron chi connectivity index (χ4n) is 2.63. The number of nitrogens with two attached hydrogens (primary N) is 1. The van der Waals surface area contributed by atoms with Crippen LogP contribution in [0.1, 0.15) is 30.0 Å². The zero-order valence-electron chi connectivity index (χ0n) is 10.3. The van der Waals surface area contributed by atoms with Gasteiger partial charge in [-0.1, -0.05) is 24.3 Å². The maximum atomic E-state index is 5.93. The van der Waals surface area contributed by atoms with Crippen molar-refractivity contribution >= 4 is 11.4 Å². The average molecular weight is 239 g/mol. The van der Waals surface area contributed by atoms with Gasteiger partial charge in [-0.05, 0) is 36.5 Å². The summed E-state index contributed by atoms with van der Waals surface area (Å²) in [6.45, 7) is 0. The van der Waals surface area contributed by atoms with Crippen molar-refractivity contribution in [2.24, 2.45) is 0 Å². The number of nitrogens with zero attached hydrogens (tertiary/aromatic N) is 1. The van der Waals surface area contributed by atoms with Crippen molar-refractivity contribution in [3.05, 3.63) is 53.9 Å². The van der Waals surface area contributed by atoms with Crippen LogP contribution in [-0.2, 0) is 6.42 Å². The van der Waals surface area contributed by atoms with E-state index in [1.165, 1.54) is 24.0 Å². The van der Waals surface area contributed by atoms with E-state index in [1.807, 2.05) is 6.07 Å². The molecule has 3 nitrogen and oxygen atoms in total. The largest absolute Gasteiger partial charge is 0.396 e. The highest BCUT2D eigenvalue weighted by molar-refractivity contribution is 5.65. The molecular weight excluding hydrogens is 222 g/mol. The van der Waals surface area contributed by atoms with E-state index in [4.69, 9.17) is 5.73 Å². The van der Waals surface area contributed by atoms with Crippen LogP contribution in [0.5, 0.6) is 0 Å². The second kappa shape index (κ2) is 4.69. The Morgan fingerprint density at radius 3 is 3.00 bits per heavy atom. The van der Waals surface area contributed by atoms with Crippen LogP contribution in [0, 0.1) is 0 Å². The number of pyridine rings is 1. The Morgan fingerprint density at radius 2 is 2.11 bits per heavy atom. The molecule has 1 heterocycles. The van der Waals surface area contributed by atoms with E-state index in [1.54, 1.807) is 12.4 Å². The number of nitrogen functional groups attached to an aromatic ring is 1. The van der Waals surface area contributed by atoms with Crippen molar-refractivity contribution in [3.8, 4) is 0 Å². The summed E-state index contributed by atoms with van der Waals surface area (Å²) >= 11 is 0. The van der Waals surface area contributed by atoms with Crippen molar-refractivity contribution in [1.82, 2.24) is 4.98 Å². The summed E-state index contributed by atoms with van der Waals surface area (Å²) in [4.78, 5) is 4.02. The predicted molar refractivity (Wildman–Crippen MR) is 74.4 cm³/mol. The molecule has 0 saturated carbocycles. The van der Waals surface area contributed by atoms with Crippen LogP contribution in [0.25, 0.3) is 0 Å². The van der Waals surface area contributed by atoms with Crippen molar-refractivity contribution in [3.63, 3.8) is 0 Å². The van der Waals surface area contributed by atoms with Crippen LogP contribution < -0.4 is 11.1 Å². The summed E-state index contributed by atoms with van der Waals surface area (Å²) in [6.07, 6.45) is 7.02. The number of hydrogen-bond donors (Lipinski definition) is 2. The third kappa shape index (κ3) is 2.04. The summed E-state index contributed by atoms with van der Waals surface area (Å²) in [7, 11) is 0. The van der Waals surface area contributed by atoms with Crippen LogP contribution in [0.4, 0.5) is 11.4 Å². The molecule has 3 rings (SSSR count). The Kier molecular flexibility index (Phi) is 2.89. The first-order valence-corrected chi connectivity index (χ1v) is 6.38. The lowest BCUT2D eigenvalue weighted by molar-refractivity contribution is 0.600. The number of rotatable bonds is 2. The number of benzene rings is 1. The summed E-state index contributed by atoms with van der Waals surface area (Å²) in [6, 6.07) is 10.9. The first-order valence-electron chi connectivity index (χ1n) is 6.38.